The van der Waals surface area contributed by atoms with Crippen LogP contribution in [-0.2, 0) is 14.0 Å². The summed E-state index contributed by atoms with van der Waals surface area (Å²) in [5.41, 5.74) is 0.880. The lowest BCUT2D eigenvalue weighted by atomic mass is 10.1. The molecular formula is C18H27FO3Si. The van der Waals surface area contributed by atoms with Gasteiger partial charge in [0.05, 0.1) is 13.2 Å². The molecule has 0 fully saturated rings. The molecular weight excluding hydrogens is 311 g/mol. The normalized spacial score (nSPS) is 13.5. The first-order valence-electron chi connectivity index (χ1n) is 7.85. The van der Waals surface area contributed by atoms with E-state index in [2.05, 4.69) is 33.9 Å². The van der Waals surface area contributed by atoms with E-state index in [1.807, 2.05) is 6.07 Å². The number of halogens is 1. The Morgan fingerprint density at radius 1 is 1.17 bits per heavy atom. The highest BCUT2D eigenvalue weighted by Crippen LogP contribution is 2.37. The van der Waals surface area contributed by atoms with E-state index in [1.165, 1.54) is 0 Å². The summed E-state index contributed by atoms with van der Waals surface area (Å²) in [5.74, 6) is -1.82. The number of ether oxygens (including phenoxy) is 1. The van der Waals surface area contributed by atoms with Gasteiger partial charge in [-0.25, -0.2) is 4.79 Å². The van der Waals surface area contributed by atoms with Crippen molar-refractivity contribution in [2.45, 2.75) is 45.8 Å². The van der Waals surface area contributed by atoms with Gasteiger partial charge in [-0.2, -0.15) is 4.39 Å². The zero-order chi connectivity index (χ0) is 17.7. The predicted molar refractivity (Wildman–Crippen MR) is 94.3 cm³/mol. The first-order valence-corrected chi connectivity index (χ1v) is 10.8. The van der Waals surface area contributed by atoms with E-state index in [4.69, 9.17) is 9.16 Å². The molecule has 0 N–H and O–H groups in total. The van der Waals surface area contributed by atoms with Crippen LogP contribution in [0.5, 0.6) is 0 Å². The Morgan fingerprint density at radius 3 is 2.22 bits per heavy atom. The van der Waals surface area contributed by atoms with Crippen molar-refractivity contribution < 1.29 is 18.3 Å². The quantitative estimate of drug-likeness (QED) is 0.418. The van der Waals surface area contributed by atoms with Crippen molar-refractivity contribution in [2.24, 2.45) is 0 Å². The Hall–Kier alpha value is -1.46. The number of rotatable bonds is 6. The Labute approximate surface area is 139 Å². The van der Waals surface area contributed by atoms with Crippen LogP contribution in [0, 0.1) is 0 Å². The fourth-order valence-electron chi connectivity index (χ4n) is 1.70. The summed E-state index contributed by atoms with van der Waals surface area (Å²) in [6, 6.07) is 8.99. The second-order valence-electron chi connectivity index (χ2n) is 6.93. The highest BCUT2D eigenvalue weighted by molar-refractivity contribution is 6.74. The van der Waals surface area contributed by atoms with Gasteiger partial charge >= 0.3 is 5.97 Å². The summed E-state index contributed by atoms with van der Waals surface area (Å²) in [7, 11) is -2.05. The van der Waals surface area contributed by atoms with Gasteiger partial charge in [0.25, 0.3) is 0 Å². The van der Waals surface area contributed by atoms with Crippen LogP contribution in [0.25, 0.3) is 5.57 Å². The third-order valence-corrected chi connectivity index (χ3v) is 8.70. The summed E-state index contributed by atoms with van der Waals surface area (Å²) >= 11 is 0. The average molecular weight is 338 g/mol. The van der Waals surface area contributed by atoms with Gasteiger partial charge in [-0.05, 0) is 30.6 Å². The second-order valence-corrected chi connectivity index (χ2v) is 11.7. The van der Waals surface area contributed by atoms with Crippen LogP contribution >= 0.6 is 0 Å². The van der Waals surface area contributed by atoms with Crippen LogP contribution in [0.3, 0.4) is 0 Å². The van der Waals surface area contributed by atoms with E-state index in [-0.39, 0.29) is 23.8 Å². The third-order valence-electron chi connectivity index (χ3n) is 4.23. The van der Waals surface area contributed by atoms with E-state index < -0.39 is 20.1 Å². The molecule has 1 aromatic carbocycles. The number of hydrogen-bond acceptors (Lipinski definition) is 3. The summed E-state index contributed by atoms with van der Waals surface area (Å²) in [4.78, 5) is 11.8. The minimum atomic E-state index is -2.05. The smallest absolute Gasteiger partial charge is 0.367 e. The minimum Gasteiger partial charge on any atom is -0.461 e. The van der Waals surface area contributed by atoms with E-state index in [1.54, 1.807) is 31.2 Å². The lowest BCUT2D eigenvalue weighted by molar-refractivity contribution is -0.140. The Balaban J connectivity index is 3.12. The van der Waals surface area contributed by atoms with E-state index in [0.717, 1.165) is 0 Å². The number of hydrogen-bond donors (Lipinski definition) is 0. The molecule has 0 unspecified atom stereocenters. The molecule has 5 heteroatoms. The monoisotopic (exact) mass is 338 g/mol. The van der Waals surface area contributed by atoms with Crippen molar-refractivity contribution in [3.05, 3.63) is 41.7 Å². The molecule has 0 spiro atoms. The van der Waals surface area contributed by atoms with Gasteiger partial charge in [0.2, 0.25) is 5.83 Å². The number of carbonyl (C=O) groups is 1. The summed E-state index contributed by atoms with van der Waals surface area (Å²) < 4.78 is 25.4. The molecule has 1 rings (SSSR count). The van der Waals surface area contributed by atoms with Gasteiger partial charge < -0.3 is 9.16 Å². The molecule has 0 aromatic heterocycles. The zero-order valence-electron chi connectivity index (χ0n) is 14.9. The van der Waals surface area contributed by atoms with Crippen molar-refractivity contribution >= 4 is 19.9 Å². The maximum absolute atomic E-state index is 14.5. The van der Waals surface area contributed by atoms with Crippen molar-refractivity contribution in [3.8, 4) is 0 Å². The van der Waals surface area contributed by atoms with E-state index in [9.17, 15) is 9.18 Å². The van der Waals surface area contributed by atoms with Gasteiger partial charge in [0, 0.05) is 5.57 Å². The molecule has 0 saturated heterocycles. The van der Waals surface area contributed by atoms with Crippen LogP contribution in [0.2, 0.25) is 18.1 Å². The fourth-order valence-corrected chi connectivity index (χ4v) is 2.64. The van der Waals surface area contributed by atoms with Gasteiger partial charge in [0.15, 0.2) is 8.32 Å². The molecule has 0 bridgehead atoms. The Bertz CT molecular complexity index is 559. The maximum atomic E-state index is 14.5. The molecule has 0 heterocycles. The molecule has 128 valence electrons. The summed E-state index contributed by atoms with van der Waals surface area (Å²) in [6.45, 7) is 12.4. The molecule has 3 nitrogen and oxygen atoms in total. The molecule has 0 saturated carbocycles. The highest BCUT2D eigenvalue weighted by Gasteiger charge is 2.37. The van der Waals surface area contributed by atoms with Crippen LogP contribution in [0.4, 0.5) is 4.39 Å². The lowest BCUT2D eigenvalue weighted by Gasteiger charge is -2.36. The van der Waals surface area contributed by atoms with Crippen LogP contribution < -0.4 is 0 Å². The van der Waals surface area contributed by atoms with Gasteiger partial charge in [-0.3, -0.25) is 0 Å². The van der Waals surface area contributed by atoms with Crippen LogP contribution in [0.15, 0.2) is 36.2 Å². The maximum Gasteiger partial charge on any atom is 0.367 e. The largest absolute Gasteiger partial charge is 0.461 e. The number of carbonyl (C=O) groups excluding carboxylic acids is 1. The highest BCUT2D eigenvalue weighted by atomic mass is 28.4. The molecule has 0 aliphatic rings. The average Bonchev–Trinajstić information content (AvgIpc) is 2.47. The summed E-state index contributed by atoms with van der Waals surface area (Å²) in [6.07, 6.45) is 0. The van der Waals surface area contributed by atoms with Crippen molar-refractivity contribution in [2.75, 3.05) is 13.2 Å². The molecule has 23 heavy (non-hydrogen) atoms. The first kappa shape index (κ1) is 19.6. The number of esters is 1. The zero-order valence-corrected chi connectivity index (χ0v) is 15.9. The van der Waals surface area contributed by atoms with Crippen molar-refractivity contribution in [1.82, 2.24) is 0 Å². The van der Waals surface area contributed by atoms with Gasteiger partial charge in [-0.15, -0.1) is 0 Å². The molecule has 1 aromatic rings. The molecule has 0 aliphatic carbocycles. The fraction of sp³-hybridized carbons (Fsp3) is 0.500. The molecule has 0 atom stereocenters. The third kappa shape index (κ3) is 5.29. The molecule has 0 radical (unpaired) electrons. The summed E-state index contributed by atoms with van der Waals surface area (Å²) in [5, 5.41) is 0.00913. The lowest BCUT2D eigenvalue weighted by Crippen LogP contribution is -2.41. The van der Waals surface area contributed by atoms with E-state index in [0.29, 0.717) is 5.56 Å². The molecule has 0 amide bonds. The van der Waals surface area contributed by atoms with Crippen molar-refractivity contribution in [3.63, 3.8) is 0 Å². The second kappa shape index (κ2) is 7.88. The molecule has 0 aliphatic heterocycles. The first-order chi connectivity index (χ1) is 10.6. The standard InChI is InChI=1S/C18H27FO3Si/c1-7-21-17(20)16(19)15(14-11-9-8-10-12-14)13-22-23(5,6)18(2,3)4/h8-12H,7,13H2,1-6H3/b16-15+. The van der Waals surface area contributed by atoms with Crippen molar-refractivity contribution in [1.29, 1.82) is 0 Å². The minimum absolute atomic E-state index is 0.00913. The Kier molecular flexibility index (Phi) is 6.71. The predicted octanol–water partition coefficient (Wildman–Crippen LogP) is 4.95. The van der Waals surface area contributed by atoms with Gasteiger partial charge in [0.1, 0.15) is 0 Å². The van der Waals surface area contributed by atoms with Crippen LogP contribution in [-0.4, -0.2) is 27.5 Å². The Morgan fingerprint density at radius 2 is 1.74 bits per heavy atom. The van der Waals surface area contributed by atoms with E-state index >= 15 is 0 Å². The van der Waals surface area contributed by atoms with Gasteiger partial charge in [-0.1, -0.05) is 51.1 Å². The SMILES string of the molecule is CCOC(=O)/C(F)=C(/CO[Si](C)(C)C(C)(C)C)c1ccccc1. The van der Waals surface area contributed by atoms with Crippen LogP contribution in [0.1, 0.15) is 33.3 Å². The number of benzene rings is 1. The topological polar surface area (TPSA) is 35.5 Å².